The first-order valence-corrected chi connectivity index (χ1v) is 7.03. The van der Waals surface area contributed by atoms with Crippen molar-refractivity contribution in [1.82, 2.24) is 10.2 Å². The number of nitrogens with one attached hydrogen (secondary N) is 1. The van der Waals surface area contributed by atoms with Crippen LogP contribution in [0, 0.1) is 0 Å². The highest BCUT2D eigenvalue weighted by atomic mass is 16.5. The molecular formula is C15H18N2O3. The van der Waals surface area contributed by atoms with E-state index in [0.717, 1.165) is 17.7 Å². The van der Waals surface area contributed by atoms with Gasteiger partial charge in [0.05, 0.1) is 19.1 Å². The Balaban J connectivity index is 1.82. The Bertz CT molecular complexity index is 530. The summed E-state index contributed by atoms with van der Waals surface area (Å²) in [5.74, 6) is 0.566. The van der Waals surface area contributed by atoms with Gasteiger partial charge in [0.2, 0.25) is 11.8 Å². The van der Waals surface area contributed by atoms with Gasteiger partial charge < -0.3 is 15.0 Å². The fourth-order valence-corrected chi connectivity index (χ4v) is 2.81. The molecule has 0 saturated carbocycles. The number of carbonyl (C=O) groups excluding carboxylic acids is 2. The topological polar surface area (TPSA) is 58.6 Å². The van der Waals surface area contributed by atoms with Crippen LogP contribution < -0.4 is 10.1 Å². The molecule has 0 aromatic heterocycles. The van der Waals surface area contributed by atoms with E-state index in [-0.39, 0.29) is 24.3 Å². The first-order chi connectivity index (χ1) is 9.75. The molecule has 1 fully saturated rings. The third kappa shape index (κ3) is 2.48. The van der Waals surface area contributed by atoms with Gasteiger partial charge in [0, 0.05) is 18.7 Å². The normalized spacial score (nSPS) is 22.3. The number of benzene rings is 1. The number of hydrogen-bond donors (Lipinski definition) is 1. The molecule has 1 aromatic carbocycles. The molecule has 2 heterocycles. The third-order valence-electron chi connectivity index (χ3n) is 3.83. The quantitative estimate of drug-likeness (QED) is 0.828. The number of para-hydroxylation sites is 1. The van der Waals surface area contributed by atoms with Crippen LogP contribution in [0.2, 0.25) is 0 Å². The summed E-state index contributed by atoms with van der Waals surface area (Å²) in [7, 11) is 0. The zero-order chi connectivity index (χ0) is 13.9. The molecule has 0 spiro atoms. The first-order valence-electron chi connectivity index (χ1n) is 7.03. The summed E-state index contributed by atoms with van der Waals surface area (Å²) in [5, 5.41) is 2.79. The van der Waals surface area contributed by atoms with Gasteiger partial charge in [-0.05, 0) is 18.9 Å². The van der Waals surface area contributed by atoms with E-state index in [1.54, 1.807) is 4.90 Å². The Labute approximate surface area is 117 Å². The Kier molecular flexibility index (Phi) is 3.58. The van der Waals surface area contributed by atoms with E-state index in [0.29, 0.717) is 26.1 Å². The lowest BCUT2D eigenvalue weighted by Crippen LogP contribution is -2.41. The number of rotatable bonds is 1. The second-order valence-corrected chi connectivity index (χ2v) is 5.19. The molecular weight excluding hydrogens is 256 g/mol. The van der Waals surface area contributed by atoms with Crippen molar-refractivity contribution in [2.45, 2.75) is 18.8 Å². The molecule has 1 saturated heterocycles. The summed E-state index contributed by atoms with van der Waals surface area (Å²) >= 11 is 0. The molecule has 3 rings (SSSR count). The Morgan fingerprint density at radius 1 is 1.35 bits per heavy atom. The van der Waals surface area contributed by atoms with E-state index < -0.39 is 0 Å². The molecule has 0 bridgehead atoms. The predicted octanol–water partition coefficient (Wildman–Crippen LogP) is 0.901. The van der Waals surface area contributed by atoms with Crippen LogP contribution in [0.4, 0.5) is 0 Å². The molecule has 1 N–H and O–H groups in total. The van der Waals surface area contributed by atoms with Crippen LogP contribution >= 0.6 is 0 Å². The summed E-state index contributed by atoms with van der Waals surface area (Å²) < 4.78 is 5.59. The van der Waals surface area contributed by atoms with Crippen molar-refractivity contribution in [2.24, 2.45) is 0 Å². The van der Waals surface area contributed by atoms with Crippen LogP contribution in [0.1, 0.15) is 24.3 Å². The highest BCUT2D eigenvalue weighted by Crippen LogP contribution is 2.34. The lowest BCUT2D eigenvalue weighted by molar-refractivity contribution is -0.137. The van der Waals surface area contributed by atoms with Crippen molar-refractivity contribution >= 4 is 11.8 Å². The number of nitrogens with zero attached hydrogens (tertiary/aromatic N) is 1. The maximum Gasteiger partial charge on any atom is 0.239 e. The van der Waals surface area contributed by atoms with E-state index in [2.05, 4.69) is 5.32 Å². The highest BCUT2D eigenvalue weighted by Gasteiger charge is 2.32. The Hall–Kier alpha value is -2.04. The van der Waals surface area contributed by atoms with Crippen molar-refractivity contribution in [3.8, 4) is 5.75 Å². The van der Waals surface area contributed by atoms with Gasteiger partial charge in [0.1, 0.15) is 5.75 Å². The summed E-state index contributed by atoms with van der Waals surface area (Å²) in [6.45, 7) is 2.00. The molecule has 5 heteroatoms. The molecule has 1 atom stereocenters. The van der Waals surface area contributed by atoms with Gasteiger partial charge in [-0.25, -0.2) is 0 Å². The zero-order valence-electron chi connectivity index (χ0n) is 11.3. The first kappa shape index (κ1) is 13.0. The van der Waals surface area contributed by atoms with Crippen molar-refractivity contribution in [3.05, 3.63) is 29.8 Å². The van der Waals surface area contributed by atoms with Crippen LogP contribution in [0.3, 0.4) is 0 Å². The number of ether oxygens (including phenoxy) is 1. The van der Waals surface area contributed by atoms with Crippen LogP contribution in [0.5, 0.6) is 5.75 Å². The largest absolute Gasteiger partial charge is 0.493 e. The smallest absolute Gasteiger partial charge is 0.239 e. The van der Waals surface area contributed by atoms with Gasteiger partial charge in [0.25, 0.3) is 0 Å². The van der Waals surface area contributed by atoms with Gasteiger partial charge in [-0.3, -0.25) is 9.59 Å². The predicted molar refractivity (Wildman–Crippen MR) is 73.5 cm³/mol. The van der Waals surface area contributed by atoms with Crippen molar-refractivity contribution < 1.29 is 14.3 Å². The maximum absolute atomic E-state index is 12.7. The van der Waals surface area contributed by atoms with Crippen LogP contribution in [0.25, 0.3) is 0 Å². The van der Waals surface area contributed by atoms with E-state index in [4.69, 9.17) is 4.74 Å². The standard InChI is InChI=1S/C15H18N2O3/c18-14-10-17(8-3-7-16-14)15(19)12-6-9-20-13-5-2-1-4-11(12)13/h1-2,4-5,12H,3,6-10H2,(H,16,18). The van der Waals surface area contributed by atoms with E-state index in [9.17, 15) is 9.59 Å². The zero-order valence-corrected chi connectivity index (χ0v) is 11.3. The van der Waals surface area contributed by atoms with E-state index in [1.807, 2.05) is 24.3 Å². The minimum absolute atomic E-state index is 0.0396. The van der Waals surface area contributed by atoms with Crippen LogP contribution in [-0.4, -0.2) is 43.0 Å². The summed E-state index contributed by atoms with van der Waals surface area (Å²) in [5.41, 5.74) is 0.938. The number of hydrogen-bond acceptors (Lipinski definition) is 3. The fraction of sp³-hybridized carbons (Fsp3) is 0.467. The molecule has 2 amide bonds. The summed E-state index contributed by atoms with van der Waals surface area (Å²) in [6, 6.07) is 7.66. The van der Waals surface area contributed by atoms with Gasteiger partial charge in [-0.2, -0.15) is 0 Å². The molecule has 0 radical (unpaired) electrons. The molecule has 1 unspecified atom stereocenters. The van der Waals surface area contributed by atoms with Crippen molar-refractivity contribution in [1.29, 1.82) is 0 Å². The summed E-state index contributed by atoms with van der Waals surface area (Å²) in [4.78, 5) is 26.0. The lowest BCUT2D eigenvalue weighted by Gasteiger charge is -2.29. The average molecular weight is 274 g/mol. The molecule has 2 aliphatic rings. The molecule has 5 nitrogen and oxygen atoms in total. The fourth-order valence-electron chi connectivity index (χ4n) is 2.81. The Morgan fingerprint density at radius 2 is 2.20 bits per heavy atom. The minimum atomic E-state index is -0.189. The van der Waals surface area contributed by atoms with Gasteiger partial charge in [-0.15, -0.1) is 0 Å². The Morgan fingerprint density at radius 3 is 3.10 bits per heavy atom. The van der Waals surface area contributed by atoms with E-state index in [1.165, 1.54) is 0 Å². The van der Waals surface area contributed by atoms with Gasteiger partial charge in [0.15, 0.2) is 0 Å². The van der Waals surface area contributed by atoms with Crippen molar-refractivity contribution in [2.75, 3.05) is 26.2 Å². The monoisotopic (exact) mass is 274 g/mol. The minimum Gasteiger partial charge on any atom is -0.493 e. The molecule has 20 heavy (non-hydrogen) atoms. The van der Waals surface area contributed by atoms with Crippen LogP contribution in [-0.2, 0) is 9.59 Å². The highest BCUT2D eigenvalue weighted by molar-refractivity contribution is 5.89. The molecule has 106 valence electrons. The second-order valence-electron chi connectivity index (χ2n) is 5.19. The van der Waals surface area contributed by atoms with Crippen LogP contribution in [0.15, 0.2) is 24.3 Å². The second kappa shape index (κ2) is 5.53. The number of amides is 2. The lowest BCUT2D eigenvalue weighted by atomic mass is 9.91. The third-order valence-corrected chi connectivity index (χ3v) is 3.83. The van der Waals surface area contributed by atoms with Gasteiger partial charge in [-0.1, -0.05) is 18.2 Å². The SMILES string of the molecule is O=C1CN(C(=O)C2CCOc3ccccc32)CCCN1. The van der Waals surface area contributed by atoms with Gasteiger partial charge >= 0.3 is 0 Å². The molecule has 0 aliphatic carbocycles. The van der Waals surface area contributed by atoms with Crippen molar-refractivity contribution in [3.63, 3.8) is 0 Å². The van der Waals surface area contributed by atoms with E-state index >= 15 is 0 Å². The number of carbonyl (C=O) groups is 2. The maximum atomic E-state index is 12.7. The number of fused-ring (bicyclic) bond motifs is 1. The average Bonchev–Trinajstić information content (AvgIpc) is 2.70. The molecule has 2 aliphatic heterocycles. The molecule has 1 aromatic rings. The summed E-state index contributed by atoms with van der Waals surface area (Å²) in [6.07, 6.45) is 1.48.